The van der Waals surface area contributed by atoms with Gasteiger partial charge in [0.1, 0.15) is 5.54 Å². The van der Waals surface area contributed by atoms with E-state index in [1.165, 1.54) is 25.9 Å². The Hall–Kier alpha value is -0.810. The number of benzene rings is 1. The molecule has 0 aliphatic carbocycles. The predicted molar refractivity (Wildman–Crippen MR) is 103 cm³/mol. The van der Waals surface area contributed by atoms with E-state index in [9.17, 15) is 4.79 Å². The third kappa shape index (κ3) is 4.42. The quantitative estimate of drug-likeness (QED) is 0.885. The van der Waals surface area contributed by atoms with E-state index in [2.05, 4.69) is 4.90 Å². The van der Waals surface area contributed by atoms with Crippen LogP contribution in [0.25, 0.3) is 0 Å². The first-order chi connectivity index (χ1) is 10.6. The molecule has 0 radical (unpaired) electrons. The summed E-state index contributed by atoms with van der Waals surface area (Å²) in [5.74, 6) is 0.0542. The van der Waals surface area contributed by atoms with E-state index in [0.29, 0.717) is 6.04 Å². The Kier molecular flexibility index (Phi) is 8.00. The lowest BCUT2D eigenvalue weighted by Gasteiger charge is -2.39. The first-order valence-corrected chi connectivity index (χ1v) is 8.47. The molecule has 0 aromatic heterocycles. The highest BCUT2D eigenvalue weighted by Gasteiger charge is 2.37. The molecule has 1 aromatic carbocycles. The molecule has 3 rings (SSSR count). The molecule has 2 aliphatic heterocycles. The van der Waals surface area contributed by atoms with E-state index >= 15 is 0 Å². The molecule has 1 unspecified atom stereocenters. The van der Waals surface area contributed by atoms with E-state index in [0.717, 1.165) is 31.5 Å². The summed E-state index contributed by atoms with van der Waals surface area (Å²) in [6.45, 7) is 5.96. The van der Waals surface area contributed by atoms with Gasteiger partial charge in [0.2, 0.25) is 5.91 Å². The molecule has 2 saturated heterocycles. The zero-order valence-electron chi connectivity index (χ0n) is 14.3. The molecule has 1 atom stereocenters. The normalized spacial score (nSPS) is 21.5. The van der Waals surface area contributed by atoms with Crippen molar-refractivity contribution in [1.29, 1.82) is 0 Å². The average molecular weight is 374 g/mol. The highest BCUT2D eigenvalue weighted by atomic mass is 35.5. The zero-order valence-corrected chi connectivity index (χ0v) is 16.0. The van der Waals surface area contributed by atoms with E-state index < -0.39 is 5.54 Å². The van der Waals surface area contributed by atoms with Crippen molar-refractivity contribution < 1.29 is 4.79 Å². The highest BCUT2D eigenvalue weighted by molar-refractivity contribution is 5.87. The zero-order chi connectivity index (χ0) is 15.6. The van der Waals surface area contributed by atoms with Crippen LogP contribution in [0, 0.1) is 0 Å². The van der Waals surface area contributed by atoms with Gasteiger partial charge in [0.25, 0.3) is 0 Å². The van der Waals surface area contributed by atoms with Crippen LogP contribution in [-0.2, 0) is 10.3 Å². The number of halogens is 2. The van der Waals surface area contributed by atoms with Crippen LogP contribution in [0.5, 0.6) is 0 Å². The minimum atomic E-state index is -0.929. The summed E-state index contributed by atoms with van der Waals surface area (Å²) in [5.41, 5.74) is 6.33. The molecule has 2 heterocycles. The maximum absolute atomic E-state index is 12.8. The second-order valence-corrected chi connectivity index (χ2v) is 6.83. The maximum atomic E-state index is 12.8. The summed E-state index contributed by atoms with van der Waals surface area (Å²) in [6, 6.07) is 10.4. The molecule has 6 heteroatoms. The fourth-order valence-electron chi connectivity index (χ4n) is 3.78. The van der Waals surface area contributed by atoms with Crippen molar-refractivity contribution in [2.75, 3.05) is 26.2 Å². The number of hydrogen-bond acceptors (Lipinski definition) is 3. The molecule has 0 saturated carbocycles. The smallest absolute Gasteiger partial charge is 0.246 e. The van der Waals surface area contributed by atoms with Crippen LogP contribution in [0.15, 0.2) is 30.3 Å². The Morgan fingerprint density at radius 3 is 2.12 bits per heavy atom. The van der Waals surface area contributed by atoms with Gasteiger partial charge in [-0.25, -0.2) is 0 Å². The molecule has 1 amide bonds. The van der Waals surface area contributed by atoms with Gasteiger partial charge in [-0.1, -0.05) is 30.3 Å². The molecule has 1 aromatic rings. The predicted octanol–water partition coefficient (Wildman–Crippen LogP) is 2.79. The number of carbonyl (C=O) groups is 1. The SMILES string of the molecule is CC(N)(C(=O)N1CCC(N2CCCC2)CC1)c1ccccc1.Cl.Cl. The summed E-state index contributed by atoms with van der Waals surface area (Å²) in [4.78, 5) is 17.4. The maximum Gasteiger partial charge on any atom is 0.246 e. The van der Waals surface area contributed by atoms with Gasteiger partial charge in [0.05, 0.1) is 0 Å². The van der Waals surface area contributed by atoms with Crippen LogP contribution in [-0.4, -0.2) is 47.9 Å². The van der Waals surface area contributed by atoms with E-state index in [-0.39, 0.29) is 30.7 Å². The lowest BCUT2D eigenvalue weighted by molar-refractivity contribution is -0.138. The molecule has 136 valence electrons. The van der Waals surface area contributed by atoms with E-state index in [1.54, 1.807) is 0 Å². The van der Waals surface area contributed by atoms with Crippen LogP contribution < -0.4 is 5.73 Å². The Morgan fingerprint density at radius 2 is 1.58 bits per heavy atom. The van der Waals surface area contributed by atoms with Gasteiger partial charge < -0.3 is 15.5 Å². The summed E-state index contributed by atoms with van der Waals surface area (Å²) in [6.07, 6.45) is 4.81. The monoisotopic (exact) mass is 373 g/mol. The minimum Gasteiger partial charge on any atom is -0.341 e. The first-order valence-electron chi connectivity index (χ1n) is 8.47. The highest BCUT2D eigenvalue weighted by Crippen LogP contribution is 2.25. The van der Waals surface area contributed by atoms with Gasteiger partial charge in [0.15, 0.2) is 0 Å². The number of nitrogens with zero attached hydrogens (tertiary/aromatic N) is 2. The number of piperidine rings is 1. The molecular weight excluding hydrogens is 345 g/mol. The molecule has 2 fully saturated rings. The Bertz CT molecular complexity index is 510. The number of rotatable bonds is 3. The number of carbonyl (C=O) groups excluding carboxylic acids is 1. The third-order valence-corrected chi connectivity index (χ3v) is 5.23. The van der Waals surface area contributed by atoms with Gasteiger partial charge in [-0.15, -0.1) is 24.8 Å². The topological polar surface area (TPSA) is 49.6 Å². The Labute approximate surface area is 157 Å². The van der Waals surface area contributed by atoms with Gasteiger partial charge in [-0.3, -0.25) is 4.79 Å². The number of hydrogen-bond donors (Lipinski definition) is 1. The molecule has 0 spiro atoms. The summed E-state index contributed by atoms with van der Waals surface area (Å²) in [5, 5.41) is 0. The van der Waals surface area contributed by atoms with Gasteiger partial charge in [-0.05, 0) is 51.3 Å². The third-order valence-electron chi connectivity index (χ3n) is 5.23. The van der Waals surface area contributed by atoms with Gasteiger partial charge >= 0.3 is 0 Å². The van der Waals surface area contributed by atoms with Crippen LogP contribution in [0.3, 0.4) is 0 Å². The summed E-state index contributed by atoms with van der Waals surface area (Å²) >= 11 is 0. The number of likely N-dealkylation sites (tertiary alicyclic amines) is 2. The fourth-order valence-corrected chi connectivity index (χ4v) is 3.78. The van der Waals surface area contributed by atoms with Gasteiger partial charge in [-0.2, -0.15) is 0 Å². The summed E-state index contributed by atoms with van der Waals surface area (Å²) < 4.78 is 0. The molecular formula is C18H29Cl2N3O. The Balaban J connectivity index is 0.00000144. The van der Waals surface area contributed by atoms with Crippen LogP contribution >= 0.6 is 24.8 Å². The van der Waals surface area contributed by atoms with Crippen molar-refractivity contribution in [2.45, 2.75) is 44.2 Å². The van der Waals surface area contributed by atoms with Crippen molar-refractivity contribution in [3.05, 3.63) is 35.9 Å². The molecule has 2 aliphatic rings. The van der Waals surface area contributed by atoms with Crippen molar-refractivity contribution in [1.82, 2.24) is 9.80 Å². The molecule has 2 N–H and O–H groups in total. The molecule has 4 nitrogen and oxygen atoms in total. The van der Waals surface area contributed by atoms with Crippen molar-refractivity contribution >= 4 is 30.7 Å². The number of amides is 1. The first kappa shape index (κ1) is 21.2. The van der Waals surface area contributed by atoms with Crippen LogP contribution in [0.4, 0.5) is 0 Å². The van der Waals surface area contributed by atoms with Crippen molar-refractivity contribution in [3.8, 4) is 0 Å². The summed E-state index contributed by atoms with van der Waals surface area (Å²) in [7, 11) is 0. The standard InChI is InChI=1S/C18H27N3O.2ClH/c1-18(19,15-7-3-2-4-8-15)17(22)21-13-9-16(10-14-21)20-11-5-6-12-20;;/h2-4,7-8,16H,5-6,9-14,19H2,1H3;2*1H. The fraction of sp³-hybridized carbons (Fsp3) is 0.611. The Morgan fingerprint density at radius 1 is 1.04 bits per heavy atom. The minimum absolute atomic E-state index is 0. The molecule has 24 heavy (non-hydrogen) atoms. The largest absolute Gasteiger partial charge is 0.341 e. The van der Waals surface area contributed by atoms with E-state index in [4.69, 9.17) is 5.73 Å². The second-order valence-electron chi connectivity index (χ2n) is 6.83. The van der Waals surface area contributed by atoms with Crippen molar-refractivity contribution in [2.24, 2.45) is 5.73 Å². The van der Waals surface area contributed by atoms with Gasteiger partial charge in [0, 0.05) is 19.1 Å². The van der Waals surface area contributed by atoms with Crippen LogP contribution in [0.2, 0.25) is 0 Å². The van der Waals surface area contributed by atoms with Crippen LogP contribution in [0.1, 0.15) is 38.2 Å². The number of nitrogens with two attached hydrogens (primary N) is 1. The van der Waals surface area contributed by atoms with Crippen molar-refractivity contribution in [3.63, 3.8) is 0 Å². The average Bonchev–Trinajstić information content (AvgIpc) is 3.09. The lowest BCUT2D eigenvalue weighted by atomic mass is 9.90. The lowest BCUT2D eigenvalue weighted by Crippen LogP contribution is -2.54. The molecule has 0 bridgehead atoms. The van der Waals surface area contributed by atoms with E-state index in [1.807, 2.05) is 42.2 Å². The second kappa shape index (κ2) is 9.04.